The Morgan fingerprint density at radius 2 is 2.10 bits per heavy atom. The Bertz CT molecular complexity index is 464. The highest BCUT2D eigenvalue weighted by molar-refractivity contribution is 5.78. The normalized spacial score (nSPS) is 15.9. The van der Waals surface area contributed by atoms with Gasteiger partial charge in [-0.2, -0.15) is 0 Å². The van der Waals surface area contributed by atoms with Crippen LogP contribution in [-0.4, -0.2) is 31.2 Å². The van der Waals surface area contributed by atoms with E-state index in [2.05, 4.69) is 0 Å². The molecule has 0 aromatic heterocycles. The topological polar surface area (TPSA) is 55.8 Å². The quantitative estimate of drug-likeness (QED) is 0.617. The maximum atomic E-state index is 10.8. The van der Waals surface area contributed by atoms with E-state index in [1.54, 1.807) is 6.07 Å². The lowest BCUT2D eigenvalue weighted by Crippen LogP contribution is -2.15. The number of benzene rings is 1. The fourth-order valence-electron chi connectivity index (χ4n) is 2.68. The minimum Gasteiger partial charge on any atom is -0.504 e. The standard InChI is InChI=1S/C17H24O4/c1-13-10-17(16(19)11-15(13)12-18)21-7-3-2-4-14-5-8-20-9-6-14/h10-12,14,19H,2-9H2,1H3. The molecule has 0 aliphatic carbocycles. The lowest BCUT2D eigenvalue weighted by molar-refractivity contribution is 0.0628. The summed E-state index contributed by atoms with van der Waals surface area (Å²) in [7, 11) is 0. The number of hydrogen-bond donors (Lipinski definition) is 1. The second kappa shape index (κ2) is 8.03. The van der Waals surface area contributed by atoms with Crippen molar-refractivity contribution in [2.75, 3.05) is 19.8 Å². The number of phenolic OH excluding ortho intramolecular Hbond substituents is 1. The van der Waals surface area contributed by atoms with Crippen molar-refractivity contribution in [2.24, 2.45) is 5.92 Å². The van der Waals surface area contributed by atoms with E-state index < -0.39 is 0 Å². The van der Waals surface area contributed by atoms with Crippen molar-refractivity contribution in [1.82, 2.24) is 0 Å². The van der Waals surface area contributed by atoms with Crippen LogP contribution in [0.25, 0.3) is 0 Å². The number of aromatic hydroxyl groups is 1. The molecule has 0 amide bonds. The first-order valence-corrected chi connectivity index (χ1v) is 7.70. The molecular formula is C17H24O4. The number of carbonyl (C=O) groups excluding carboxylic acids is 1. The summed E-state index contributed by atoms with van der Waals surface area (Å²) in [5.41, 5.74) is 1.32. The lowest BCUT2D eigenvalue weighted by Gasteiger charge is -2.21. The summed E-state index contributed by atoms with van der Waals surface area (Å²) in [6.45, 7) is 4.23. The summed E-state index contributed by atoms with van der Waals surface area (Å²) < 4.78 is 11.0. The van der Waals surface area contributed by atoms with E-state index in [1.807, 2.05) is 6.92 Å². The van der Waals surface area contributed by atoms with Crippen molar-refractivity contribution < 1.29 is 19.4 Å². The zero-order valence-corrected chi connectivity index (χ0v) is 12.6. The number of ether oxygens (including phenoxy) is 2. The average Bonchev–Trinajstić information content (AvgIpc) is 2.51. The molecule has 0 spiro atoms. The molecular weight excluding hydrogens is 268 g/mol. The molecule has 4 nitrogen and oxygen atoms in total. The van der Waals surface area contributed by atoms with Gasteiger partial charge in [-0.3, -0.25) is 4.79 Å². The van der Waals surface area contributed by atoms with Gasteiger partial charge in [0.1, 0.15) is 6.29 Å². The predicted molar refractivity (Wildman–Crippen MR) is 81.1 cm³/mol. The number of unbranched alkanes of at least 4 members (excludes halogenated alkanes) is 1. The maximum Gasteiger partial charge on any atom is 0.161 e. The van der Waals surface area contributed by atoms with Gasteiger partial charge in [0.15, 0.2) is 11.5 Å². The van der Waals surface area contributed by atoms with Gasteiger partial charge < -0.3 is 14.6 Å². The van der Waals surface area contributed by atoms with Gasteiger partial charge in [-0.1, -0.05) is 6.42 Å². The van der Waals surface area contributed by atoms with Crippen LogP contribution >= 0.6 is 0 Å². The molecule has 0 radical (unpaired) electrons. The Morgan fingerprint density at radius 1 is 1.33 bits per heavy atom. The minimum atomic E-state index is 0.0344. The van der Waals surface area contributed by atoms with E-state index in [0.29, 0.717) is 17.9 Å². The van der Waals surface area contributed by atoms with Gasteiger partial charge in [0.05, 0.1) is 6.61 Å². The summed E-state index contributed by atoms with van der Waals surface area (Å²) in [6, 6.07) is 3.18. The molecule has 116 valence electrons. The van der Waals surface area contributed by atoms with E-state index in [4.69, 9.17) is 9.47 Å². The number of aldehydes is 1. The molecule has 1 aromatic rings. The second-order valence-corrected chi connectivity index (χ2v) is 5.69. The van der Waals surface area contributed by atoms with Crippen LogP contribution in [-0.2, 0) is 4.74 Å². The molecule has 1 heterocycles. The highest BCUT2D eigenvalue weighted by Gasteiger charge is 2.13. The van der Waals surface area contributed by atoms with Crippen molar-refractivity contribution in [1.29, 1.82) is 0 Å². The second-order valence-electron chi connectivity index (χ2n) is 5.69. The molecule has 0 bridgehead atoms. The molecule has 1 aromatic carbocycles. The molecule has 4 heteroatoms. The van der Waals surface area contributed by atoms with Gasteiger partial charge in [0.25, 0.3) is 0 Å². The molecule has 0 atom stereocenters. The molecule has 0 saturated carbocycles. The van der Waals surface area contributed by atoms with E-state index in [-0.39, 0.29) is 5.75 Å². The summed E-state index contributed by atoms with van der Waals surface area (Å²) in [6.07, 6.45) is 6.43. The van der Waals surface area contributed by atoms with Crippen molar-refractivity contribution in [3.63, 3.8) is 0 Å². The van der Waals surface area contributed by atoms with Gasteiger partial charge in [0.2, 0.25) is 0 Å². The van der Waals surface area contributed by atoms with Crippen molar-refractivity contribution >= 4 is 6.29 Å². The van der Waals surface area contributed by atoms with Gasteiger partial charge in [-0.25, -0.2) is 0 Å². The van der Waals surface area contributed by atoms with Crippen molar-refractivity contribution in [3.05, 3.63) is 23.3 Å². The van der Waals surface area contributed by atoms with Crippen LogP contribution in [0.3, 0.4) is 0 Å². The first-order chi connectivity index (χ1) is 10.2. The van der Waals surface area contributed by atoms with Gasteiger partial charge >= 0.3 is 0 Å². The Kier molecular flexibility index (Phi) is 6.05. The lowest BCUT2D eigenvalue weighted by atomic mass is 9.94. The fraction of sp³-hybridized carbons (Fsp3) is 0.588. The SMILES string of the molecule is Cc1cc(OCCCCC2CCOCC2)c(O)cc1C=O. The summed E-state index contributed by atoms with van der Waals surface area (Å²) in [5, 5.41) is 9.81. The molecule has 21 heavy (non-hydrogen) atoms. The zero-order valence-electron chi connectivity index (χ0n) is 12.6. The van der Waals surface area contributed by atoms with Crippen LogP contribution in [0.4, 0.5) is 0 Å². The van der Waals surface area contributed by atoms with Crippen LogP contribution in [0.5, 0.6) is 11.5 Å². The monoisotopic (exact) mass is 292 g/mol. The number of aryl methyl sites for hydroxylation is 1. The van der Waals surface area contributed by atoms with Gasteiger partial charge in [0, 0.05) is 18.8 Å². The maximum absolute atomic E-state index is 10.8. The Balaban J connectivity index is 1.70. The minimum absolute atomic E-state index is 0.0344. The molecule has 0 unspecified atom stereocenters. The van der Waals surface area contributed by atoms with E-state index in [1.165, 1.54) is 25.3 Å². The van der Waals surface area contributed by atoms with Crippen molar-refractivity contribution in [3.8, 4) is 11.5 Å². The third-order valence-corrected chi connectivity index (χ3v) is 4.08. The molecule has 2 rings (SSSR count). The van der Waals surface area contributed by atoms with Crippen LogP contribution in [0.15, 0.2) is 12.1 Å². The first kappa shape index (κ1) is 15.8. The summed E-state index contributed by atoms with van der Waals surface area (Å²) in [5.74, 6) is 1.29. The average molecular weight is 292 g/mol. The number of carbonyl (C=O) groups is 1. The summed E-state index contributed by atoms with van der Waals surface area (Å²) in [4.78, 5) is 10.8. The summed E-state index contributed by atoms with van der Waals surface area (Å²) >= 11 is 0. The number of rotatable bonds is 7. The fourth-order valence-corrected chi connectivity index (χ4v) is 2.68. The number of phenols is 1. The molecule has 1 aliphatic heterocycles. The molecule has 1 N–H and O–H groups in total. The Morgan fingerprint density at radius 3 is 2.81 bits per heavy atom. The van der Waals surface area contributed by atoms with E-state index in [0.717, 1.165) is 43.8 Å². The predicted octanol–water partition coefficient (Wildman–Crippen LogP) is 3.49. The molecule has 1 saturated heterocycles. The van der Waals surface area contributed by atoms with Crippen LogP contribution in [0.2, 0.25) is 0 Å². The largest absolute Gasteiger partial charge is 0.504 e. The first-order valence-electron chi connectivity index (χ1n) is 7.70. The molecule has 1 fully saturated rings. The third kappa shape index (κ3) is 4.74. The van der Waals surface area contributed by atoms with Gasteiger partial charge in [-0.15, -0.1) is 0 Å². The van der Waals surface area contributed by atoms with Crippen LogP contribution in [0.1, 0.15) is 48.0 Å². The van der Waals surface area contributed by atoms with E-state index in [9.17, 15) is 9.90 Å². The highest BCUT2D eigenvalue weighted by atomic mass is 16.5. The Hall–Kier alpha value is -1.55. The number of hydrogen-bond acceptors (Lipinski definition) is 4. The highest BCUT2D eigenvalue weighted by Crippen LogP contribution is 2.29. The van der Waals surface area contributed by atoms with E-state index >= 15 is 0 Å². The molecule has 1 aliphatic rings. The zero-order chi connectivity index (χ0) is 15.1. The van der Waals surface area contributed by atoms with Gasteiger partial charge in [-0.05, 0) is 56.2 Å². The smallest absolute Gasteiger partial charge is 0.161 e. The third-order valence-electron chi connectivity index (χ3n) is 4.08. The van der Waals surface area contributed by atoms with Crippen LogP contribution in [0, 0.1) is 12.8 Å². The van der Waals surface area contributed by atoms with Crippen molar-refractivity contribution in [2.45, 2.75) is 39.0 Å². The van der Waals surface area contributed by atoms with Crippen LogP contribution < -0.4 is 4.74 Å². The Labute approximate surface area is 126 Å².